The maximum atomic E-state index is 5.47. The third-order valence-corrected chi connectivity index (χ3v) is 6.12. The number of rotatable bonds is 7. The first-order chi connectivity index (χ1) is 12.7. The van der Waals surface area contributed by atoms with Crippen molar-refractivity contribution in [1.82, 2.24) is 15.1 Å². The smallest absolute Gasteiger partial charge is 0.193 e. The van der Waals surface area contributed by atoms with Gasteiger partial charge in [-0.05, 0) is 43.0 Å². The standard InChI is InChI=1S/C20H34N4OS/c1-3-21-20(22-14-17(2)13-19-5-4-12-26-19)24-7-6-18(16-24)15-23-8-10-25-11-9-23/h4-5,12,17-18H,3,6-11,13-16H2,1-2H3,(H,21,22). The maximum absolute atomic E-state index is 5.47. The van der Waals surface area contributed by atoms with Gasteiger partial charge < -0.3 is 15.0 Å². The third kappa shape index (κ3) is 5.96. The van der Waals surface area contributed by atoms with Gasteiger partial charge in [-0.25, -0.2) is 0 Å². The summed E-state index contributed by atoms with van der Waals surface area (Å²) in [5.41, 5.74) is 0. The van der Waals surface area contributed by atoms with E-state index >= 15 is 0 Å². The fourth-order valence-corrected chi connectivity index (χ4v) is 4.70. The molecule has 0 spiro atoms. The van der Waals surface area contributed by atoms with Crippen molar-refractivity contribution < 1.29 is 4.74 Å². The highest BCUT2D eigenvalue weighted by molar-refractivity contribution is 7.09. The first-order valence-corrected chi connectivity index (χ1v) is 11.0. The molecule has 1 aromatic heterocycles. The van der Waals surface area contributed by atoms with Crippen molar-refractivity contribution in [3.63, 3.8) is 0 Å². The van der Waals surface area contributed by atoms with Crippen LogP contribution in [0, 0.1) is 11.8 Å². The Hall–Kier alpha value is -1.11. The minimum atomic E-state index is 0.578. The van der Waals surface area contributed by atoms with Gasteiger partial charge in [-0.2, -0.15) is 0 Å². The van der Waals surface area contributed by atoms with E-state index < -0.39 is 0 Å². The van der Waals surface area contributed by atoms with Crippen molar-refractivity contribution >= 4 is 17.3 Å². The van der Waals surface area contributed by atoms with Gasteiger partial charge in [0.05, 0.1) is 13.2 Å². The Kier molecular flexibility index (Phi) is 7.77. The van der Waals surface area contributed by atoms with E-state index in [1.54, 1.807) is 0 Å². The van der Waals surface area contributed by atoms with E-state index in [2.05, 4.69) is 46.5 Å². The first-order valence-electron chi connectivity index (χ1n) is 10.1. The molecule has 1 N–H and O–H groups in total. The van der Waals surface area contributed by atoms with Crippen molar-refractivity contribution in [1.29, 1.82) is 0 Å². The second kappa shape index (κ2) is 10.3. The van der Waals surface area contributed by atoms with Crippen LogP contribution in [0.25, 0.3) is 0 Å². The van der Waals surface area contributed by atoms with Crippen LogP contribution in [-0.2, 0) is 11.2 Å². The molecular formula is C20H34N4OS. The Balaban J connectivity index is 1.48. The maximum Gasteiger partial charge on any atom is 0.193 e. The van der Waals surface area contributed by atoms with Crippen LogP contribution in [0.5, 0.6) is 0 Å². The summed E-state index contributed by atoms with van der Waals surface area (Å²) in [6.45, 7) is 13.7. The van der Waals surface area contributed by atoms with E-state index in [0.29, 0.717) is 5.92 Å². The molecule has 0 aliphatic carbocycles. The molecule has 2 unspecified atom stereocenters. The number of nitrogens with one attached hydrogen (secondary N) is 1. The van der Waals surface area contributed by atoms with Crippen LogP contribution in [0.15, 0.2) is 22.5 Å². The number of likely N-dealkylation sites (tertiary alicyclic amines) is 1. The number of ether oxygens (including phenoxy) is 1. The topological polar surface area (TPSA) is 40.1 Å². The number of hydrogen-bond donors (Lipinski definition) is 1. The first kappa shape index (κ1) is 19.6. The normalized spacial score (nSPS) is 23.4. The quantitative estimate of drug-likeness (QED) is 0.585. The Morgan fingerprint density at radius 2 is 2.23 bits per heavy atom. The van der Waals surface area contributed by atoms with Crippen LogP contribution >= 0.6 is 11.3 Å². The Bertz CT molecular complexity index is 542. The molecule has 5 nitrogen and oxygen atoms in total. The molecule has 0 radical (unpaired) electrons. The molecule has 2 aliphatic heterocycles. The highest BCUT2D eigenvalue weighted by Crippen LogP contribution is 2.19. The molecule has 0 aromatic carbocycles. The van der Waals surface area contributed by atoms with Gasteiger partial charge >= 0.3 is 0 Å². The van der Waals surface area contributed by atoms with Gasteiger partial charge in [0.1, 0.15) is 0 Å². The van der Waals surface area contributed by atoms with Crippen molar-refractivity contribution in [2.75, 3.05) is 59.0 Å². The summed E-state index contributed by atoms with van der Waals surface area (Å²) in [6, 6.07) is 4.37. The summed E-state index contributed by atoms with van der Waals surface area (Å²) in [7, 11) is 0. The fraction of sp³-hybridized carbons (Fsp3) is 0.750. The van der Waals surface area contributed by atoms with Crippen molar-refractivity contribution in [3.8, 4) is 0 Å². The molecule has 26 heavy (non-hydrogen) atoms. The van der Waals surface area contributed by atoms with E-state index in [-0.39, 0.29) is 0 Å². The van der Waals surface area contributed by atoms with Crippen LogP contribution in [0.3, 0.4) is 0 Å². The summed E-state index contributed by atoms with van der Waals surface area (Å²) < 4.78 is 5.47. The van der Waals surface area contributed by atoms with Crippen molar-refractivity contribution in [3.05, 3.63) is 22.4 Å². The lowest BCUT2D eigenvalue weighted by atomic mass is 10.1. The average molecular weight is 379 g/mol. The van der Waals surface area contributed by atoms with Crippen LogP contribution in [0.4, 0.5) is 0 Å². The second-order valence-corrected chi connectivity index (χ2v) is 8.63. The minimum Gasteiger partial charge on any atom is -0.379 e. The van der Waals surface area contributed by atoms with Crippen LogP contribution in [0.2, 0.25) is 0 Å². The fourth-order valence-electron chi connectivity index (χ4n) is 3.83. The molecule has 6 heteroatoms. The molecular weight excluding hydrogens is 344 g/mol. The third-order valence-electron chi connectivity index (χ3n) is 5.22. The largest absolute Gasteiger partial charge is 0.379 e. The summed E-state index contributed by atoms with van der Waals surface area (Å²) >= 11 is 1.85. The summed E-state index contributed by atoms with van der Waals surface area (Å²) in [6.07, 6.45) is 2.40. The van der Waals surface area contributed by atoms with Gasteiger partial charge in [0.15, 0.2) is 5.96 Å². The number of aliphatic imine (C=N–C) groups is 1. The van der Waals surface area contributed by atoms with Crippen LogP contribution in [-0.4, -0.2) is 74.8 Å². The lowest BCUT2D eigenvalue weighted by molar-refractivity contribution is 0.0315. The van der Waals surface area contributed by atoms with Crippen molar-refractivity contribution in [2.45, 2.75) is 26.7 Å². The SMILES string of the molecule is CCNC(=NCC(C)Cc1cccs1)N1CCC(CN2CCOCC2)C1. The molecule has 0 bridgehead atoms. The minimum absolute atomic E-state index is 0.578. The van der Waals surface area contributed by atoms with Gasteiger partial charge in [-0.15, -0.1) is 11.3 Å². The number of morpholine rings is 1. The molecule has 0 saturated carbocycles. The number of hydrogen-bond acceptors (Lipinski definition) is 4. The Morgan fingerprint density at radius 3 is 2.96 bits per heavy atom. The summed E-state index contributed by atoms with van der Waals surface area (Å²) in [5, 5.41) is 5.67. The average Bonchev–Trinajstić information content (AvgIpc) is 3.32. The number of nitrogens with zero attached hydrogens (tertiary/aromatic N) is 3. The molecule has 3 rings (SSSR count). The van der Waals surface area contributed by atoms with Gasteiger partial charge in [0.2, 0.25) is 0 Å². The molecule has 2 fully saturated rings. The molecule has 0 amide bonds. The van der Waals surface area contributed by atoms with E-state index in [1.807, 2.05) is 11.3 Å². The Morgan fingerprint density at radius 1 is 1.38 bits per heavy atom. The molecule has 1 aromatic rings. The predicted octanol–water partition coefficient (Wildman–Crippen LogP) is 2.55. The number of guanidine groups is 1. The monoisotopic (exact) mass is 378 g/mol. The zero-order chi connectivity index (χ0) is 18.2. The second-order valence-electron chi connectivity index (χ2n) is 7.60. The molecule has 3 heterocycles. The lowest BCUT2D eigenvalue weighted by Gasteiger charge is -2.29. The number of thiophene rings is 1. The highest BCUT2D eigenvalue weighted by atomic mass is 32.1. The molecule has 2 atom stereocenters. The zero-order valence-corrected chi connectivity index (χ0v) is 17.1. The van der Waals surface area contributed by atoms with Crippen LogP contribution < -0.4 is 5.32 Å². The van der Waals surface area contributed by atoms with E-state index in [1.165, 1.54) is 17.8 Å². The van der Waals surface area contributed by atoms with Crippen molar-refractivity contribution in [2.24, 2.45) is 16.8 Å². The van der Waals surface area contributed by atoms with Crippen LogP contribution in [0.1, 0.15) is 25.1 Å². The predicted molar refractivity (Wildman–Crippen MR) is 110 cm³/mol. The van der Waals surface area contributed by atoms with Gasteiger partial charge in [-0.1, -0.05) is 13.0 Å². The van der Waals surface area contributed by atoms with E-state index in [9.17, 15) is 0 Å². The summed E-state index contributed by atoms with van der Waals surface area (Å²) in [4.78, 5) is 11.4. The summed E-state index contributed by atoms with van der Waals surface area (Å²) in [5.74, 6) is 2.43. The molecule has 2 aliphatic rings. The van der Waals surface area contributed by atoms with Gasteiger partial charge in [0.25, 0.3) is 0 Å². The molecule has 2 saturated heterocycles. The Labute approximate surface area is 162 Å². The lowest BCUT2D eigenvalue weighted by Crippen LogP contribution is -2.42. The van der Waals surface area contributed by atoms with Gasteiger partial charge in [-0.3, -0.25) is 9.89 Å². The van der Waals surface area contributed by atoms with E-state index in [4.69, 9.17) is 9.73 Å². The zero-order valence-electron chi connectivity index (χ0n) is 16.3. The highest BCUT2D eigenvalue weighted by Gasteiger charge is 2.27. The van der Waals surface area contributed by atoms with E-state index in [0.717, 1.165) is 70.8 Å². The molecule has 146 valence electrons. The van der Waals surface area contributed by atoms with Gasteiger partial charge in [0, 0.05) is 50.7 Å².